The van der Waals surface area contributed by atoms with Crippen LogP contribution in [-0.2, 0) is 19.1 Å². The van der Waals surface area contributed by atoms with Crippen LogP contribution < -0.4 is 0 Å². The Bertz CT molecular complexity index is 765. The Labute approximate surface area is 151 Å². The zero-order chi connectivity index (χ0) is 19.4. The number of carbonyl (C=O) groups excluding carboxylic acids is 4. The molecule has 0 aliphatic carbocycles. The van der Waals surface area contributed by atoms with Crippen molar-refractivity contribution < 1.29 is 28.7 Å². The first-order valence-electron chi connectivity index (χ1n) is 8.37. The highest BCUT2D eigenvalue weighted by atomic mass is 16.7. The van der Waals surface area contributed by atoms with Gasteiger partial charge in [-0.15, -0.1) is 0 Å². The lowest BCUT2D eigenvalue weighted by molar-refractivity contribution is -0.243. The lowest BCUT2D eigenvalue weighted by Crippen LogP contribution is -2.60. The molecule has 3 rings (SSSR count). The Kier molecular flexibility index (Phi) is 3.94. The Morgan fingerprint density at radius 1 is 0.923 bits per heavy atom. The van der Waals surface area contributed by atoms with E-state index in [1.165, 1.54) is 13.8 Å². The molecule has 1 aromatic carbocycles. The van der Waals surface area contributed by atoms with Crippen LogP contribution in [0.25, 0.3) is 0 Å². The number of esters is 2. The molecule has 2 heterocycles. The second-order valence-corrected chi connectivity index (χ2v) is 8.06. The van der Waals surface area contributed by atoms with Crippen LogP contribution in [0.2, 0.25) is 0 Å². The number of ether oxygens (including phenoxy) is 2. The molecular weight excluding hydrogens is 338 g/mol. The molecule has 2 aliphatic rings. The number of nitrogens with zero attached hydrogens (tertiary/aromatic N) is 1. The van der Waals surface area contributed by atoms with Gasteiger partial charge in [-0.25, -0.2) is 0 Å². The van der Waals surface area contributed by atoms with Crippen molar-refractivity contribution in [3.8, 4) is 0 Å². The second kappa shape index (κ2) is 5.65. The van der Waals surface area contributed by atoms with Gasteiger partial charge in [0.15, 0.2) is 5.92 Å². The Hall–Kier alpha value is -2.70. The van der Waals surface area contributed by atoms with E-state index in [0.717, 1.165) is 4.90 Å². The molecule has 0 aromatic heterocycles. The molecule has 2 amide bonds. The summed E-state index contributed by atoms with van der Waals surface area (Å²) >= 11 is 0. The van der Waals surface area contributed by atoms with E-state index in [-0.39, 0.29) is 11.1 Å². The SMILES string of the molecule is CC1(C)OC(=O)C(C(N2C(=O)c3ccccc3C2=O)C(C)(C)C)C(=O)O1. The average molecular weight is 359 g/mol. The highest BCUT2D eigenvalue weighted by Gasteiger charge is 2.56. The largest absolute Gasteiger partial charge is 0.422 e. The van der Waals surface area contributed by atoms with Crippen LogP contribution in [0.3, 0.4) is 0 Å². The van der Waals surface area contributed by atoms with Gasteiger partial charge in [0.25, 0.3) is 17.6 Å². The fourth-order valence-electron chi connectivity index (χ4n) is 3.48. The van der Waals surface area contributed by atoms with E-state index >= 15 is 0 Å². The van der Waals surface area contributed by atoms with Crippen LogP contribution in [-0.4, -0.2) is 40.5 Å². The van der Waals surface area contributed by atoms with Crippen molar-refractivity contribution in [1.29, 1.82) is 0 Å². The maximum absolute atomic E-state index is 12.9. The fourth-order valence-corrected chi connectivity index (χ4v) is 3.48. The van der Waals surface area contributed by atoms with Gasteiger partial charge in [-0.05, 0) is 17.5 Å². The molecule has 138 valence electrons. The lowest BCUT2D eigenvalue weighted by Gasteiger charge is -2.43. The number of rotatable bonds is 2. The molecule has 26 heavy (non-hydrogen) atoms. The highest BCUT2D eigenvalue weighted by molar-refractivity contribution is 6.22. The summed E-state index contributed by atoms with van der Waals surface area (Å²) in [5, 5.41) is 0. The van der Waals surface area contributed by atoms with Crippen molar-refractivity contribution in [1.82, 2.24) is 4.90 Å². The van der Waals surface area contributed by atoms with Crippen LogP contribution in [0, 0.1) is 11.3 Å². The van der Waals surface area contributed by atoms with Gasteiger partial charge in [-0.2, -0.15) is 0 Å². The zero-order valence-electron chi connectivity index (χ0n) is 15.4. The Balaban J connectivity index is 2.07. The Morgan fingerprint density at radius 3 is 1.73 bits per heavy atom. The summed E-state index contributed by atoms with van der Waals surface area (Å²) in [5.74, 6) is -5.45. The minimum Gasteiger partial charge on any atom is -0.422 e. The topological polar surface area (TPSA) is 90.0 Å². The average Bonchev–Trinajstić information content (AvgIpc) is 2.73. The van der Waals surface area contributed by atoms with E-state index in [9.17, 15) is 19.2 Å². The number of imide groups is 1. The van der Waals surface area contributed by atoms with Gasteiger partial charge in [0.1, 0.15) is 0 Å². The smallest absolute Gasteiger partial charge is 0.325 e. The van der Waals surface area contributed by atoms with Crippen LogP contribution in [0.15, 0.2) is 24.3 Å². The fraction of sp³-hybridized carbons (Fsp3) is 0.474. The molecule has 0 radical (unpaired) electrons. The zero-order valence-corrected chi connectivity index (χ0v) is 15.4. The normalized spacial score (nSPS) is 21.3. The van der Waals surface area contributed by atoms with Crippen molar-refractivity contribution in [2.75, 3.05) is 0 Å². The molecule has 0 bridgehead atoms. The van der Waals surface area contributed by atoms with Crippen molar-refractivity contribution in [3.05, 3.63) is 35.4 Å². The van der Waals surface area contributed by atoms with Gasteiger partial charge < -0.3 is 9.47 Å². The Morgan fingerprint density at radius 2 is 1.35 bits per heavy atom. The van der Waals surface area contributed by atoms with E-state index in [1.807, 2.05) is 0 Å². The first-order chi connectivity index (χ1) is 11.9. The maximum Gasteiger partial charge on any atom is 0.325 e. The summed E-state index contributed by atoms with van der Waals surface area (Å²) in [6, 6.07) is 5.38. The number of hydrogen-bond acceptors (Lipinski definition) is 6. The van der Waals surface area contributed by atoms with Crippen molar-refractivity contribution in [2.45, 2.75) is 46.4 Å². The highest BCUT2D eigenvalue weighted by Crippen LogP contribution is 2.39. The minimum atomic E-state index is -1.40. The maximum atomic E-state index is 12.9. The minimum absolute atomic E-state index is 0.254. The standard InChI is InChI=1S/C19H21NO6/c1-18(2,3)13(12-16(23)25-19(4,5)26-17(12)24)20-14(21)10-8-6-7-9-11(10)15(20)22/h6-9,12-13H,1-5H3. The van der Waals surface area contributed by atoms with Crippen LogP contribution in [0.1, 0.15) is 55.3 Å². The number of carbonyl (C=O) groups is 4. The monoisotopic (exact) mass is 359 g/mol. The van der Waals surface area contributed by atoms with Gasteiger partial charge >= 0.3 is 11.9 Å². The van der Waals surface area contributed by atoms with E-state index in [2.05, 4.69) is 0 Å². The van der Waals surface area contributed by atoms with Crippen molar-refractivity contribution in [2.24, 2.45) is 11.3 Å². The van der Waals surface area contributed by atoms with E-state index in [1.54, 1.807) is 45.0 Å². The van der Waals surface area contributed by atoms with E-state index in [0.29, 0.717) is 0 Å². The summed E-state index contributed by atoms with van der Waals surface area (Å²) in [6.07, 6.45) is 0. The third-order valence-corrected chi connectivity index (χ3v) is 4.51. The molecule has 1 atom stereocenters. The quantitative estimate of drug-likeness (QED) is 0.457. The second-order valence-electron chi connectivity index (χ2n) is 8.06. The molecule has 0 saturated carbocycles. The first-order valence-corrected chi connectivity index (χ1v) is 8.37. The molecule has 0 N–H and O–H groups in total. The van der Waals surface area contributed by atoms with Gasteiger partial charge in [0.2, 0.25) is 0 Å². The number of cyclic esters (lactones) is 2. The van der Waals surface area contributed by atoms with Crippen molar-refractivity contribution in [3.63, 3.8) is 0 Å². The summed E-state index contributed by atoms with van der Waals surface area (Å²) in [5.41, 5.74) is -0.258. The van der Waals surface area contributed by atoms with E-state index in [4.69, 9.17) is 9.47 Å². The predicted molar refractivity (Wildman–Crippen MR) is 89.9 cm³/mol. The van der Waals surface area contributed by atoms with Crippen LogP contribution in [0.5, 0.6) is 0 Å². The van der Waals surface area contributed by atoms with Crippen LogP contribution >= 0.6 is 0 Å². The van der Waals surface area contributed by atoms with Gasteiger partial charge in [-0.3, -0.25) is 24.1 Å². The van der Waals surface area contributed by atoms with E-state index < -0.39 is 46.9 Å². The molecule has 7 nitrogen and oxygen atoms in total. The summed E-state index contributed by atoms with van der Waals surface area (Å²) in [6.45, 7) is 8.16. The van der Waals surface area contributed by atoms with Crippen LogP contribution in [0.4, 0.5) is 0 Å². The molecule has 0 spiro atoms. The molecule has 1 fully saturated rings. The third-order valence-electron chi connectivity index (χ3n) is 4.51. The number of benzene rings is 1. The number of hydrogen-bond donors (Lipinski definition) is 0. The molecule has 1 saturated heterocycles. The molecule has 2 aliphatic heterocycles. The summed E-state index contributed by atoms with van der Waals surface area (Å²) in [4.78, 5) is 51.9. The number of amides is 2. The van der Waals surface area contributed by atoms with Gasteiger partial charge in [-0.1, -0.05) is 32.9 Å². The summed E-state index contributed by atoms with van der Waals surface area (Å²) < 4.78 is 10.4. The first kappa shape index (κ1) is 18.1. The predicted octanol–water partition coefficient (Wildman–Crippen LogP) is 2.15. The molecule has 1 aromatic rings. The number of fused-ring (bicyclic) bond motifs is 1. The van der Waals surface area contributed by atoms with Crippen molar-refractivity contribution >= 4 is 23.8 Å². The van der Waals surface area contributed by atoms with Gasteiger partial charge in [0, 0.05) is 13.8 Å². The molecular formula is C19H21NO6. The lowest BCUT2D eigenvalue weighted by atomic mass is 9.77. The third kappa shape index (κ3) is 2.77. The molecule has 7 heteroatoms. The van der Waals surface area contributed by atoms with Gasteiger partial charge in [0.05, 0.1) is 17.2 Å². The summed E-state index contributed by atoms with van der Waals surface area (Å²) in [7, 11) is 0. The molecule has 1 unspecified atom stereocenters.